The van der Waals surface area contributed by atoms with Crippen molar-refractivity contribution in [1.82, 2.24) is 5.32 Å². The van der Waals surface area contributed by atoms with Crippen molar-refractivity contribution in [1.29, 1.82) is 0 Å². The highest BCUT2D eigenvalue weighted by Crippen LogP contribution is 2.49. The lowest BCUT2D eigenvalue weighted by molar-refractivity contribution is -0.151. The molecule has 68 valence electrons. The molecular formula is C9H15NO2. The number of fused-ring (bicyclic) bond motifs is 2. The van der Waals surface area contributed by atoms with Crippen LogP contribution >= 0.6 is 0 Å². The number of hydrogen-bond acceptors (Lipinski definition) is 3. The highest BCUT2D eigenvalue weighted by Gasteiger charge is 2.56. The van der Waals surface area contributed by atoms with E-state index >= 15 is 0 Å². The summed E-state index contributed by atoms with van der Waals surface area (Å²) in [5.41, 5.74) is 0.0116. The number of rotatable bonds is 1. The monoisotopic (exact) mass is 169 g/mol. The zero-order valence-electron chi connectivity index (χ0n) is 7.64. The molecule has 0 amide bonds. The molecule has 0 aromatic rings. The van der Waals surface area contributed by atoms with E-state index in [1.165, 1.54) is 7.11 Å². The van der Waals surface area contributed by atoms with Crippen molar-refractivity contribution < 1.29 is 9.53 Å². The Bertz CT molecular complexity index is 217. The summed E-state index contributed by atoms with van der Waals surface area (Å²) in [5, 5.41) is 3.39. The minimum Gasteiger partial charge on any atom is -0.469 e. The second-order valence-corrected chi connectivity index (χ2v) is 4.36. The Labute approximate surface area is 72.5 Å². The summed E-state index contributed by atoms with van der Waals surface area (Å²) in [5.74, 6) is -0.0313. The number of piperidine rings is 1. The maximum atomic E-state index is 11.5. The van der Waals surface area contributed by atoms with Crippen molar-refractivity contribution in [2.45, 2.75) is 31.7 Å². The smallest absolute Gasteiger partial charge is 0.313 e. The van der Waals surface area contributed by atoms with Gasteiger partial charge in [-0.1, -0.05) is 0 Å². The van der Waals surface area contributed by atoms with Gasteiger partial charge in [-0.3, -0.25) is 4.79 Å². The molecule has 1 aliphatic heterocycles. The van der Waals surface area contributed by atoms with Crippen LogP contribution in [0.15, 0.2) is 0 Å². The number of carbonyl (C=O) groups is 1. The molecule has 3 heteroatoms. The van der Waals surface area contributed by atoms with Crippen molar-refractivity contribution in [3.8, 4) is 0 Å². The Morgan fingerprint density at radius 3 is 2.58 bits per heavy atom. The van der Waals surface area contributed by atoms with Gasteiger partial charge in [0.1, 0.15) is 0 Å². The van der Waals surface area contributed by atoms with Gasteiger partial charge in [0.05, 0.1) is 12.5 Å². The van der Waals surface area contributed by atoms with Crippen LogP contribution in [0.4, 0.5) is 0 Å². The van der Waals surface area contributed by atoms with Gasteiger partial charge in [0.15, 0.2) is 0 Å². The molecule has 0 spiro atoms. The highest BCUT2D eigenvalue weighted by molar-refractivity contribution is 5.78. The third-order valence-electron chi connectivity index (χ3n) is 3.36. The third kappa shape index (κ3) is 0.891. The van der Waals surface area contributed by atoms with Crippen molar-refractivity contribution in [3.63, 3.8) is 0 Å². The number of methoxy groups -OCH3 is 1. The molecule has 2 atom stereocenters. The van der Waals surface area contributed by atoms with E-state index in [2.05, 4.69) is 12.2 Å². The molecule has 2 fully saturated rings. The standard InChI is InChI=1S/C9H15NO2/c1-8-3-4-9(5-8,6-10-8)7(11)12-2/h10H,3-6H2,1-2H3. The van der Waals surface area contributed by atoms with E-state index in [0.29, 0.717) is 0 Å². The van der Waals surface area contributed by atoms with Gasteiger partial charge in [-0.15, -0.1) is 0 Å². The molecule has 2 unspecified atom stereocenters. The minimum atomic E-state index is -0.191. The fourth-order valence-electron chi connectivity index (χ4n) is 2.59. The van der Waals surface area contributed by atoms with Crippen LogP contribution in [0.2, 0.25) is 0 Å². The molecule has 2 bridgehead atoms. The molecule has 0 radical (unpaired) electrons. The predicted octanol–water partition coefficient (Wildman–Crippen LogP) is 0.692. The Balaban J connectivity index is 2.20. The van der Waals surface area contributed by atoms with E-state index in [1.807, 2.05) is 0 Å². The summed E-state index contributed by atoms with van der Waals surface area (Å²) in [6.07, 6.45) is 3.04. The van der Waals surface area contributed by atoms with Crippen LogP contribution in [-0.4, -0.2) is 25.2 Å². The largest absolute Gasteiger partial charge is 0.469 e. The normalized spacial score (nSPS) is 44.8. The predicted molar refractivity (Wildman–Crippen MR) is 44.7 cm³/mol. The molecule has 1 saturated heterocycles. The van der Waals surface area contributed by atoms with Crippen LogP contribution in [-0.2, 0) is 9.53 Å². The van der Waals surface area contributed by atoms with Crippen molar-refractivity contribution in [2.75, 3.05) is 13.7 Å². The SMILES string of the molecule is COC(=O)C12CCC(C)(C1)NC2. The van der Waals surface area contributed by atoms with Gasteiger partial charge in [0.25, 0.3) is 0 Å². The number of ether oxygens (including phenoxy) is 1. The summed E-state index contributed by atoms with van der Waals surface area (Å²) in [4.78, 5) is 11.5. The lowest BCUT2D eigenvalue weighted by Gasteiger charge is -2.24. The molecule has 1 saturated carbocycles. The average Bonchev–Trinajstić information content (AvgIpc) is 2.57. The van der Waals surface area contributed by atoms with E-state index < -0.39 is 0 Å². The van der Waals surface area contributed by atoms with Gasteiger partial charge in [0, 0.05) is 12.1 Å². The summed E-state index contributed by atoms with van der Waals surface area (Å²) < 4.78 is 4.82. The summed E-state index contributed by atoms with van der Waals surface area (Å²) in [6, 6.07) is 0. The van der Waals surface area contributed by atoms with Crippen LogP contribution < -0.4 is 5.32 Å². The van der Waals surface area contributed by atoms with Crippen LogP contribution in [0.1, 0.15) is 26.2 Å². The lowest BCUT2D eigenvalue weighted by atomic mass is 9.87. The minimum absolute atomic E-state index is 0.0313. The summed E-state index contributed by atoms with van der Waals surface area (Å²) in [7, 11) is 1.48. The van der Waals surface area contributed by atoms with Crippen molar-refractivity contribution in [3.05, 3.63) is 0 Å². The maximum Gasteiger partial charge on any atom is 0.313 e. The van der Waals surface area contributed by atoms with E-state index in [0.717, 1.165) is 25.8 Å². The van der Waals surface area contributed by atoms with E-state index in [1.54, 1.807) is 0 Å². The quantitative estimate of drug-likeness (QED) is 0.587. The van der Waals surface area contributed by atoms with Gasteiger partial charge < -0.3 is 10.1 Å². The average molecular weight is 169 g/mol. The van der Waals surface area contributed by atoms with Gasteiger partial charge in [-0.25, -0.2) is 0 Å². The Kier molecular flexibility index (Phi) is 1.49. The van der Waals surface area contributed by atoms with Gasteiger partial charge in [-0.2, -0.15) is 0 Å². The first-order valence-electron chi connectivity index (χ1n) is 4.44. The zero-order chi connectivity index (χ0) is 8.82. The Morgan fingerprint density at radius 2 is 2.25 bits per heavy atom. The number of nitrogens with one attached hydrogen (secondary N) is 1. The van der Waals surface area contributed by atoms with Crippen LogP contribution in [0.25, 0.3) is 0 Å². The molecule has 2 aliphatic rings. The molecule has 12 heavy (non-hydrogen) atoms. The lowest BCUT2D eigenvalue weighted by Crippen LogP contribution is -2.40. The van der Waals surface area contributed by atoms with E-state index in [9.17, 15) is 4.79 Å². The molecule has 1 N–H and O–H groups in total. The molecule has 0 aromatic heterocycles. The maximum absolute atomic E-state index is 11.5. The van der Waals surface area contributed by atoms with E-state index in [-0.39, 0.29) is 16.9 Å². The molecule has 0 aromatic carbocycles. The first kappa shape index (κ1) is 8.05. The van der Waals surface area contributed by atoms with Gasteiger partial charge >= 0.3 is 5.97 Å². The molecule has 1 heterocycles. The van der Waals surface area contributed by atoms with Crippen molar-refractivity contribution >= 4 is 5.97 Å². The fourth-order valence-corrected chi connectivity index (χ4v) is 2.59. The van der Waals surface area contributed by atoms with Crippen LogP contribution in [0.5, 0.6) is 0 Å². The zero-order valence-corrected chi connectivity index (χ0v) is 7.64. The summed E-state index contributed by atoms with van der Waals surface area (Å²) in [6.45, 7) is 2.99. The second-order valence-electron chi connectivity index (χ2n) is 4.36. The number of hydrogen-bond donors (Lipinski definition) is 1. The Morgan fingerprint density at radius 1 is 1.50 bits per heavy atom. The molecule has 3 nitrogen and oxygen atoms in total. The van der Waals surface area contributed by atoms with Gasteiger partial charge in [0.2, 0.25) is 0 Å². The van der Waals surface area contributed by atoms with Crippen LogP contribution in [0.3, 0.4) is 0 Å². The first-order valence-corrected chi connectivity index (χ1v) is 4.44. The third-order valence-corrected chi connectivity index (χ3v) is 3.36. The van der Waals surface area contributed by atoms with Crippen molar-refractivity contribution in [2.24, 2.45) is 5.41 Å². The topological polar surface area (TPSA) is 38.3 Å². The summed E-state index contributed by atoms with van der Waals surface area (Å²) >= 11 is 0. The van der Waals surface area contributed by atoms with Crippen LogP contribution in [0, 0.1) is 5.41 Å². The molecule has 1 aliphatic carbocycles. The second kappa shape index (κ2) is 2.22. The molecule has 2 rings (SSSR count). The highest BCUT2D eigenvalue weighted by atomic mass is 16.5. The fraction of sp³-hybridized carbons (Fsp3) is 0.889. The Hall–Kier alpha value is -0.570. The van der Waals surface area contributed by atoms with Gasteiger partial charge in [-0.05, 0) is 26.2 Å². The first-order chi connectivity index (χ1) is 5.60. The van der Waals surface area contributed by atoms with E-state index in [4.69, 9.17) is 4.74 Å². The number of esters is 1. The number of carbonyl (C=O) groups excluding carboxylic acids is 1. The molecular weight excluding hydrogens is 154 g/mol.